The van der Waals surface area contributed by atoms with E-state index in [0.717, 1.165) is 0 Å². The molecule has 0 aromatic heterocycles. The van der Waals surface area contributed by atoms with Gasteiger partial charge in [0.15, 0.2) is 0 Å². The lowest BCUT2D eigenvalue weighted by atomic mass is 10.2. The molecule has 0 spiro atoms. The Morgan fingerprint density at radius 2 is 2.38 bits per heavy atom. The van der Waals surface area contributed by atoms with Gasteiger partial charge in [0.05, 0.1) is 0 Å². The standard InChI is InChI=1S/C8H13NO4/c1-6(8(11)12)9-3-2-4-13-5-7(9)10/h6H,2-5H2,1H3,(H,11,12). The van der Waals surface area contributed by atoms with Crippen molar-refractivity contribution in [2.24, 2.45) is 0 Å². The number of amides is 1. The summed E-state index contributed by atoms with van der Waals surface area (Å²) in [6.07, 6.45) is 0.698. The average Bonchev–Trinajstić information content (AvgIpc) is 2.28. The van der Waals surface area contributed by atoms with Gasteiger partial charge < -0.3 is 14.7 Å². The fourth-order valence-electron chi connectivity index (χ4n) is 1.25. The number of hydrogen-bond donors (Lipinski definition) is 1. The Morgan fingerprint density at radius 1 is 1.69 bits per heavy atom. The number of carbonyl (C=O) groups is 2. The van der Waals surface area contributed by atoms with Gasteiger partial charge in [-0.1, -0.05) is 0 Å². The van der Waals surface area contributed by atoms with Crippen LogP contribution in [0.2, 0.25) is 0 Å². The van der Waals surface area contributed by atoms with E-state index >= 15 is 0 Å². The fourth-order valence-corrected chi connectivity index (χ4v) is 1.25. The van der Waals surface area contributed by atoms with E-state index in [2.05, 4.69) is 0 Å². The van der Waals surface area contributed by atoms with Gasteiger partial charge in [-0.25, -0.2) is 4.79 Å². The molecule has 0 bridgehead atoms. The van der Waals surface area contributed by atoms with Crippen LogP contribution in [0, 0.1) is 0 Å². The van der Waals surface area contributed by atoms with Gasteiger partial charge in [0.2, 0.25) is 5.91 Å². The van der Waals surface area contributed by atoms with E-state index in [0.29, 0.717) is 19.6 Å². The van der Waals surface area contributed by atoms with Crippen LogP contribution in [0.1, 0.15) is 13.3 Å². The maximum atomic E-state index is 11.3. The molecule has 5 nitrogen and oxygen atoms in total. The molecule has 1 heterocycles. The van der Waals surface area contributed by atoms with Crippen molar-refractivity contribution in [3.63, 3.8) is 0 Å². The lowest BCUT2D eigenvalue weighted by Crippen LogP contribution is -2.44. The maximum absolute atomic E-state index is 11.3. The summed E-state index contributed by atoms with van der Waals surface area (Å²) in [5.41, 5.74) is 0. The lowest BCUT2D eigenvalue weighted by molar-refractivity contribution is -0.150. The van der Waals surface area contributed by atoms with Crippen LogP contribution in [0.15, 0.2) is 0 Å². The van der Waals surface area contributed by atoms with E-state index in [1.54, 1.807) is 0 Å². The molecule has 1 N–H and O–H groups in total. The largest absolute Gasteiger partial charge is 0.480 e. The molecular formula is C8H13NO4. The van der Waals surface area contributed by atoms with Crippen molar-refractivity contribution in [3.05, 3.63) is 0 Å². The normalized spacial score (nSPS) is 21.0. The number of aliphatic carboxylic acids is 1. The minimum Gasteiger partial charge on any atom is -0.480 e. The SMILES string of the molecule is CC(C(=O)O)N1CCCOCC1=O. The molecule has 1 atom stereocenters. The second-order valence-electron chi connectivity index (χ2n) is 3.01. The smallest absolute Gasteiger partial charge is 0.326 e. The summed E-state index contributed by atoms with van der Waals surface area (Å²) in [7, 11) is 0. The second-order valence-corrected chi connectivity index (χ2v) is 3.01. The van der Waals surface area contributed by atoms with Crippen molar-refractivity contribution in [2.45, 2.75) is 19.4 Å². The van der Waals surface area contributed by atoms with Gasteiger partial charge in [-0.15, -0.1) is 0 Å². The molecule has 0 aliphatic carbocycles. The van der Waals surface area contributed by atoms with Crippen LogP contribution in [0.3, 0.4) is 0 Å². The number of ether oxygens (including phenoxy) is 1. The Hall–Kier alpha value is -1.10. The zero-order valence-electron chi connectivity index (χ0n) is 7.52. The number of hydrogen-bond acceptors (Lipinski definition) is 3. The van der Waals surface area contributed by atoms with Gasteiger partial charge >= 0.3 is 5.97 Å². The summed E-state index contributed by atoms with van der Waals surface area (Å²) in [6.45, 7) is 2.49. The molecule has 1 unspecified atom stereocenters. The number of carboxylic acids is 1. The summed E-state index contributed by atoms with van der Waals surface area (Å²) >= 11 is 0. The Labute approximate surface area is 76.3 Å². The lowest BCUT2D eigenvalue weighted by Gasteiger charge is -2.23. The van der Waals surface area contributed by atoms with Gasteiger partial charge in [-0.2, -0.15) is 0 Å². The Balaban J connectivity index is 2.64. The Bertz CT molecular complexity index is 216. The van der Waals surface area contributed by atoms with Crippen LogP contribution in [0.5, 0.6) is 0 Å². The summed E-state index contributed by atoms with van der Waals surface area (Å²) in [4.78, 5) is 23.3. The summed E-state index contributed by atoms with van der Waals surface area (Å²) in [6, 6.07) is -0.755. The topological polar surface area (TPSA) is 66.8 Å². The Kier molecular flexibility index (Phi) is 3.25. The molecule has 0 radical (unpaired) electrons. The molecule has 1 aliphatic heterocycles. The van der Waals surface area contributed by atoms with Crippen molar-refractivity contribution in [1.82, 2.24) is 4.90 Å². The molecule has 13 heavy (non-hydrogen) atoms. The van der Waals surface area contributed by atoms with E-state index in [1.165, 1.54) is 11.8 Å². The Morgan fingerprint density at radius 3 is 3.00 bits per heavy atom. The molecule has 74 valence electrons. The quantitative estimate of drug-likeness (QED) is 0.645. The van der Waals surface area contributed by atoms with Crippen LogP contribution in [-0.4, -0.2) is 47.7 Å². The predicted molar refractivity (Wildman–Crippen MR) is 44.2 cm³/mol. The first-order valence-electron chi connectivity index (χ1n) is 4.23. The zero-order valence-corrected chi connectivity index (χ0v) is 7.52. The highest BCUT2D eigenvalue weighted by molar-refractivity contribution is 5.84. The highest BCUT2D eigenvalue weighted by Gasteiger charge is 2.26. The summed E-state index contributed by atoms with van der Waals surface area (Å²) in [5, 5.41) is 8.71. The van der Waals surface area contributed by atoms with E-state index in [1.807, 2.05) is 0 Å². The third-order valence-electron chi connectivity index (χ3n) is 2.06. The number of carbonyl (C=O) groups excluding carboxylic acids is 1. The predicted octanol–water partition coefficient (Wildman–Crippen LogP) is -0.292. The minimum absolute atomic E-state index is 0.00236. The van der Waals surface area contributed by atoms with Crippen LogP contribution >= 0.6 is 0 Å². The van der Waals surface area contributed by atoms with E-state index in [-0.39, 0.29) is 12.5 Å². The first-order chi connectivity index (χ1) is 6.13. The molecule has 0 aromatic carbocycles. The van der Waals surface area contributed by atoms with Crippen LogP contribution in [0.25, 0.3) is 0 Å². The van der Waals surface area contributed by atoms with Gasteiger partial charge in [-0.3, -0.25) is 4.79 Å². The summed E-state index contributed by atoms with van der Waals surface area (Å²) < 4.78 is 4.98. The van der Waals surface area contributed by atoms with Crippen LogP contribution in [-0.2, 0) is 14.3 Å². The number of rotatable bonds is 2. The van der Waals surface area contributed by atoms with Crippen molar-refractivity contribution >= 4 is 11.9 Å². The highest BCUT2D eigenvalue weighted by atomic mass is 16.5. The van der Waals surface area contributed by atoms with Crippen LogP contribution in [0.4, 0.5) is 0 Å². The monoisotopic (exact) mass is 187 g/mol. The van der Waals surface area contributed by atoms with Crippen molar-refractivity contribution in [3.8, 4) is 0 Å². The fraction of sp³-hybridized carbons (Fsp3) is 0.750. The molecule has 1 saturated heterocycles. The first kappa shape index (κ1) is 9.98. The van der Waals surface area contributed by atoms with E-state index in [4.69, 9.17) is 9.84 Å². The van der Waals surface area contributed by atoms with Gasteiger partial charge in [0.1, 0.15) is 12.6 Å². The van der Waals surface area contributed by atoms with E-state index < -0.39 is 12.0 Å². The average molecular weight is 187 g/mol. The first-order valence-corrected chi connectivity index (χ1v) is 4.23. The number of carboxylic acid groups (broad SMARTS) is 1. The molecule has 1 amide bonds. The second kappa shape index (κ2) is 4.23. The molecule has 1 rings (SSSR count). The number of nitrogens with zero attached hydrogens (tertiary/aromatic N) is 1. The van der Waals surface area contributed by atoms with Gasteiger partial charge in [-0.05, 0) is 13.3 Å². The van der Waals surface area contributed by atoms with Gasteiger partial charge in [0, 0.05) is 13.2 Å². The minimum atomic E-state index is -0.977. The molecule has 0 aromatic rings. The maximum Gasteiger partial charge on any atom is 0.326 e. The van der Waals surface area contributed by atoms with Crippen LogP contribution < -0.4 is 0 Å². The zero-order chi connectivity index (χ0) is 9.84. The summed E-state index contributed by atoms with van der Waals surface area (Å²) in [5.74, 6) is -1.22. The van der Waals surface area contributed by atoms with Crippen molar-refractivity contribution in [1.29, 1.82) is 0 Å². The molecular weight excluding hydrogens is 174 g/mol. The highest BCUT2D eigenvalue weighted by Crippen LogP contribution is 2.05. The molecule has 1 fully saturated rings. The van der Waals surface area contributed by atoms with Gasteiger partial charge in [0.25, 0.3) is 0 Å². The third-order valence-corrected chi connectivity index (χ3v) is 2.06. The van der Waals surface area contributed by atoms with E-state index in [9.17, 15) is 9.59 Å². The molecule has 1 aliphatic rings. The van der Waals surface area contributed by atoms with Crippen molar-refractivity contribution in [2.75, 3.05) is 19.8 Å². The van der Waals surface area contributed by atoms with Crippen molar-refractivity contribution < 1.29 is 19.4 Å². The molecule has 0 saturated carbocycles. The molecule has 5 heteroatoms. The third kappa shape index (κ3) is 2.42.